The van der Waals surface area contributed by atoms with E-state index in [0.717, 1.165) is 0 Å². The number of carbonyl (C=O) groups is 3. The second kappa shape index (κ2) is 7.63. The molecule has 112 valence electrons. The van der Waals surface area contributed by atoms with E-state index in [0.29, 0.717) is 24.6 Å². The Labute approximate surface area is 120 Å². The molecule has 0 aromatic heterocycles. The number of rotatable bonds is 6. The Hall–Kier alpha value is -1.90. The zero-order chi connectivity index (χ0) is 15.1. The van der Waals surface area contributed by atoms with Gasteiger partial charge in [-0.3, -0.25) is 9.59 Å². The van der Waals surface area contributed by atoms with Gasteiger partial charge in [-0.15, -0.1) is 16.5 Å². The Balaban J connectivity index is 2.50. The third-order valence-corrected chi connectivity index (χ3v) is 3.00. The maximum Gasteiger partial charge on any atom is 0.341 e. The molecule has 4 amide bonds. The molecular formula is C10H16ClN5O4. The Morgan fingerprint density at radius 1 is 1.35 bits per heavy atom. The van der Waals surface area contributed by atoms with Crippen LogP contribution in [-0.2, 0) is 9.59 Å². The van der Waals surface area contributed by atoms with Gasteiger partial charge in [0.25, 0.3) is 0 Å². The summed E-state index contributed by atoms with van der Waals surface area (Å²) < 4.78 is 0. The number of carbonyl (C=O) groups excluding carboxylic acids is 3. The van der Waals surface area contributed by atoms with Crippen molar-refractivity contribution in [3.63, 3.8) is 0 Å². The van der Waals surface area contributed by atoms with Crippen LogP contribution in [0.5, 0.6) is 0 Å². The van der Waals surface area contributed by atoms with Crippen LogP contribution in [0, 0.1) is 4.91 Å². The molecule has 10 heteroatoms. The number of halogens is 1. The largest absolute Gasteiger partial charge is 0.341 e. The van der Waals surface area contributed by atoms with E-state index in [4.69, 9.17) is 11.6 Å². The average molecular weight is 306 g/mol. The van der Waals surface area contributed by atoms with Gasteiger partial charge in [0.15, 0.2) is 0 Å². The highest BCUT2D eigenvalue weighted by Crippen LogP contribution is 2.03. The lowest BCUT2D eigenvalue weighted by Crippen LogP contribution is -2.57. The maximum absolute atomic E-state index is 11.7. The summed E-state index contributed by atoms with van der Waals surface area (Å²) in [4.78, 5) is 47.9. The number of nitroso groups, excluding NO2 is 1. The first-order valence-electron chi connectivity index (χ1n) is 6.07. The number of amides is 4. The summed E-state index contributed by atoms with van der Waals surface area (Å²) in [6, 6.07) is -0.765. The van der Waals surface area contributed by atoms with Crippen LogP contribution >= 0.6 is 11.6 Å². The quantitative estimate of drug-likeness (QED) is 0.311. The van der Waals surface area contributed by atoms with Gasteiger partial charge in [0.05, 0.1) is 18.5 Å². The molecule has 1 rings (SSSR count). The summed E-state index contributed by atoms with van der Waals surface area (Å²) in [5, 5.41) is 5.46. The summed E-state index contributed by atoms with van der Waals surface area (Å²) in [7, 11) is 0. The van der Waals surface area contributed by atoms with Gasteiger partial charge in [-0.2, -0.15) is 5.01 Å². The SMILES string of the molecule is CCN1CCN(CNC(=O)N(CCCl)N=O)C(=O)C1=O. The van der Waals surface area contributed by atoms with Crippen LogP contribution in [0.25, 0.3) is 0 Å². The minimum absolute atomic E-state index is 0.0343. The standard InChI is InChI=1S/C10H16ClN5O4/c1-2-14-5-6-15(9(18)8(14)17)7-12-10(19)16(13-20)4-3-11/h2-7H2,1H3,(H,12,19). The predicted molar refractivity (Wildman–Crippen MR) is 70.6 cm³/mol. The van der Waals surface area contributed by atoms with Crippen LogP contribution in [0.3, 0.4) is 0 Å². The van der Waals surface area contributed by atoms with Crippen molar-refractivity contribution in [3.8, 4) is 0 Å². The Morgan fingerprint density at radius 3 is 2.50 bits per heavy atom. The number of alkyl halides is 1. The Kier molecular flexibility index (Phi) is 6.16. The van der Waals surface area contributed by atoms with Crippen LogP contribution in [0.1, 0.15) is 6.92 Å². The van der Waals surface area contributed by atoms with Crippen molar-refractivity contribution in [1.82, 2.24) is 20.1 Å². The van der Waals surface area contributed by atoms with Crippen molar-refractivity contribution >= 4 is 29.4 Å². The zero-order valence-corrected chi connectivity index (χ0v) is 11.8. The number of hydrogen-bond acceptors (Lipinski definition) is 5. The van der Waals surface area contributed by atoms with Gasteiger partial charge >= 0.3 is 17.8 Å². The molecule has 1 aliphatic rings. The highest BCUT2D eigenvalue weighted by Gasteiger charge is 2.31. The topological polar surface area (TPSA) is 102 Å². The van der Waals surface area contributed by atoms with Gasteiger partial charge in [-0.25, -0.2) is 4.79 Å². The summed E-state index contributed by atoms with van der Waals surface area (Å²) in [5.41, 5.74) is 0. The van der Waals surface area contributed by atoms with Gasteiger partial charge in [0.1, 0.15) is 0 Å². The fourth-order valence-electron chi connectivity index (χ4n) is 1.68. The van der Waals surface area contributed by atoms with Gasteiger partial charge < -0.3 is 15.1 Å². The molecule has 0 aromatic carbocycles. The van der Waals surface area contributed by atoms with Crippen molar-refractivity contribution in [2.75, 3.05) is 38.7 Å². The number of piperazine rings is 1. The summed E-state index contributed by atoms with van der Waals surface area (Å²) >= 11 is 5.41. The Morgan fingerprint density at radius 2 is 1.95 bits per heavy atom. The predicted octanol–water partition coefficient (Wildman–Crippen LogP) is -0.434. The molecule has 9 nitrogen and oxygen atoms in total. The normalized spacial score (nSPS) is 15.3. The smallest absolute Gasteiger partial charge is 0.333 e. The molecule has 1 fully saturated rings. The molecule has 1 saturated heterocycles. The molecule has 0 aromatic rings. The van der Waals surface area contributed by atoms with Crippen LogP contribution in [-0.4, -0.2) is 71.4 Å². The van der Waals surface area contributed by atoms with Crippen molar-refractivity contribution in [3.05, 3.63) is 4.91 Å². The highest BCUT2D eigenvalue weighted by molar-refractivity contribution is 6.35. The second-order valence-electron chi connectivity index (χ2n) is 3.99. The minimum Gasteiger partial charge on any atom is -0.333 e. The molecule has 1 aliphatic heterocycles. The zero-order valence-electron chi connectivity index (χ0n) is 11.0. The molecule has 20 heavy (non-hydrogen) atoms. The number of nitrogens with one attached hydrogen (secondary N) is 1. The van der Waals surface area contributed by atoms with Gasteiger partial charge in [-0.1, -0.05) is 0 Å². The van der Waals surface area contributed by atoms with E-state index in [1.807, 2.05) is 0 Å². The van der Waals surface area contributed by atoms with Gasteiger partial charge in [0, 0.05) is 25.5 Å². The van der Waals surface area contributed by atoms with Gasteiger partial charge in [-0.05, 0) is 6.92 Å². The average Bonchev–Trinajstić information content (AvgIpc) is 2.46. The van der Waals surface area contributed by atoms with E-state index >= 15 is 0 Å². The molecule has 0 unspecified atom stereocenters. The van der Waals surface area contributed by atoms with E-state index in [9.17, 15) is 19.3 Å². The number of likely N-dealkylation sites (N-methyl/N-ethyl adjacent to an activating group) is 1. The van der Waals surface area contributed by atoms with E-state index in [-0.39, 0.29) is 19.1 Å². The molecule has 0 spiro atoms. The first-order chi connectivity index (χ1) is 9.54. The number of urea groups is 1. The second-order valence-corrected chi connectivity index (χ2v) is 4.37. The lowest BCUT2D eigenvalue weighted by Gasteiger charge is -2.33. The van der Waals surface area contributed by atoms with Crippen LogP contribution in [0.15, 0.2) is 5.29 Å². The first-order valence-corrected chi connectivity index (χ1v) is 6.61. The molecule has 1 N–H and O–H groups in total. The van der Waals surface area contributed by atoms with E-state index in [1.54, 1.807) is 6.92 Å². The number of hydrogen-bond donors (Lipinski definition) is 1. The van der Waals surface area contributed by atoms with E-state index in [2.05, 4.69) is 10.6 Å². The summed E-state index contributed by atoms with van der Waals surface area (Å²) in [6.07, 6.45) is 0. The van der Waals surface area contributed by atoms with Crippen molar-refractivity contribution in [2.45, 2.75) is 6.92 Å². The van der Waals surface area contributed by atoms with Crippen molar-refractivity contribution in [1.29, 1.82) is 0 Å². The first kappa shape index (κ1) is 16.2. The molecule has 1 heterocycles. The molecule has 0 saturated carbocycles. The molecule has 0 aliphatic carbocycles. The fourth-order valence-corrected chi connectivity index (χ4v) is 1.84. The van der Waals surface area contributed by atoms with E-state index in [1.165, 1.54) is 9.80 Å². The van der Waals surface area contributed by atoms with Crippen LogP contribution in [0.4, 0.5) is 4.79 Å². The molecular weight excluding hydrogens is 290 g/mol. The lowest BCUT2D eigenvalue weighted by atomic mass is 10.3. The summed E-state index contributed by atoms with van der Waals surface area (Å²) in [6.45, 7) is 2.78. The van der Waals surface area contributed by atoms with Crippen LogP contribution in [0.2, 0.25) is 0 Å². The summed E-state index contributed by atoms with van der Waals surface area (Å²) in [5.74, 6) is -1.22. The van der Waals surface area contributed by atoms with Gasteiger partial charge in [0.2, 0.25) is 0 Å². The fraction of sp³-hybridized carbons (Fsp3) is 0.700. The number of nitrogens with zero attached hydrogens (tertiary/aromatic N) is 4. The van der Waals surface area contributed by atoms with E-state index < -0.39 is 17.8 Å². The van der Waals surface area contributed by atoms with Crippen molar-refractivity contribution in [2.24, 2.45) is 5.29 Å². The third kappa shape index (κ3) is 3.80. The third-order valence-electron chi connectivity index (χ3n) is 2.83. The monoisotopic (exact) mass is 305 g/mol. The van der Waals surface area contributed by atoms with Crippen molar-refractivity contribution < 1.29 is 14.4 Å². The van der Waals surface area contributed by atoms with Crippen LogP contribution < -0.4 is 5.32 Å². The maximum atomic E-state index is 11.7. The lowest BCUT2D eigenvalue weighted by molar-refractivity contribution is -0.155. The minimum atomic E-state index is -0.765. The molecule has 0 atom stereocenters. The molecule has 0 bridgehead atoms. The highest BCUT2D eigenvalue weighted by atomic mass is 35.5. The molecule has 0 radical (unpaired) electrons. The Bertz CT molecular complexity index is 405.